The second kappa shape index (κ2) is 5.37. The first-order valence-corrected chi connectivity index (χ1v) is 6.10. The fourth-order valence-electron chi connectivity index (χ4n) is 1.88. The third-order valence-electron chi connectivity index (χ3n) is 2.73. The van der Waals surface area contributed by atoms with Gasteiger partial charge in [0.1, 0.15) is 17.0 Å². The fraction of sp³-hybridized carbons (Fsp3) is 0.182. The van der Waals surface area contributed by atoms with E-state index in [-0.39, 0.29) is 22.1 Å². The summed E-state index contributed by atoms with van der Waals surface area (Å²) in [6.45, 7) is 2.02. The minimum atomic E-state index is -1.34. The van der Waals surface area contributed by atoms with Gasteiger partial charge in [-0.25, -0.2) is 14.6 Å². The van der Waals surface area contributed by atoms with Gasteiger partial charge in [-0.1, -0.05) is 0 Å². The van der Waals surface area contributed by atoms with E-state index >= 15 is 0 Å². The van der Waals surface area contributed by atoms with Gasteiger partial charge in [-0.3, -0.25) is 4.79 Å². The molecule has 0 bridgehead atoms. The Labute approximate surface area is 122 Å². The molecular formula is C11H10ClN5O4. The SMILES string of the molecule is CCn1c(N)c(C(=O)OC(N)=O)c(=O)c2cnc(Cl)nc21. The number of pyridine rings is 1. The molecule has 0 unspecified atom stereocenters. The number of rotatable bonds is 2. The predicted octanol–water partition coefficient (Wildman–Crippen LogP) is 0.282. The van der Waals surface area contributed by atoms with E-state index in [1.165, 1.54) is 10.8 Å². The number of fused-ring (bicyclic) bond motifs is 1. The summed E-state index contributed by atoms with van der Waals surface area (Å²) < 4.78 is 5.59. The lowest BCUT2D eigenvalue weighted by Gasteiger charge is -2.14. The Morgan fingerprint density at radius 1 is 1.48 bits per heavy atom. The number of nitrogens with zero attached hydrogens (tertiary/aromatic N) is 3. The number of ether oxygens (including phenoxy) is 1. The Balaban J connectivity index is 2.85. The molecule has 2 aromatic rings. The average molecular weight is 312 g/mol. The average Bonchev–Trinajstić information content (AvgIpc) is 2.38. The zero-order valence-corrected chi connectivity index (χ0v) is 11.5. The number of nitrogens with two attached hydrogens (primary N) is 2. The van der Waals surface area contributed by atoms with E-state index in [9.17, 15) is 14.4 Å². The number of carbonyl (C=O) groups excluding carboxylic acids is 2. The van der Waals surface area contributed by atoms with Crippen molar-refractivity contribution in [3.05, 3.63) is 27.3 Å². The molecule has 0 spiro atoms. The Morgan fingerprint density at radius 2 is 2.14 bits per heavy atom. The lowest BCUT2D eigenvalue weighted by Crippen LogP contribution is -2.28. The van der Waals surface area contributed by atoms with Crippen molar-refractivity contribution < 1.29 is 14.3 Å². The summed E-state index contributed by atoms with van der Waals surface area (Å²) >= 11 is 5.69. The number of halogens is 1. The predicted molar refractivity (Wildman–Crippen MR) is 73.9 cm³/mol. The molecule has 0 aromatic carbocycles. The number of nitrogen functional groups attached to an aromatic ring is 1. The van der Waals surface area contributed by atoms with Crippen molar-refractivity contribution in [1.82, 2.24) is 14.5 Å². The fourth-order valence-corrected chi connectivity index (χ4v) is 2.01. The topological polar surface area (TPSA) is 143 Å². The second-order valence-corrected chi connectivity index (χ2v) is 4.26. The molecule has 0 aliphatic rings. The van der Waals surface area contributed by atoms with Gasteiger partial charge < -0.3 is 20.8 Å². The normalized spacial score (nSPS) is 10.6. The van der Waals surface area contributed by atoms with Gasteiger partial charge in [0.05, 0.1) is 5.39 Å². The Bertz CT molecular complexity index is 816. The van der Waals surface area contributed by atoms with Crippen LogP contribution >= 0.6 is 11.6 Å². The summed E-state index contributed by atoms with van der Waals surface area (Å²) in [5.41, 5.74) is 9.46. The first-order valence-electron chi connectivity index (χ1n) is 5.73. The van der Waals surface area contributed by atoms with Crippen molar-refractivity contribution in [2.75, 3.05) is 5.73 Å². The van der Waals surface area contributed by atoms with E-state index in [0.717, 1.165) is 0 Å². The summed E-state index contributed by atoms with van der Waals surface area (Å²) in [6.07, 6.45) is -0.172. The first kappa shape index (κ1) is 14.7. The number of anilines is 1. The van der Waals surface area contributed by atoms with Crippen LogP contribution in [-0.4, -0.2) is 26.6 Å². The van der Waals surface area contributed by atoms with Gasteiger partial charge in [0.25, 0.3) is 0 Å². The molecule has 2 rings (SSSR count). The first-order chi connectivity index (χ1) is 9.86. The van der Waals surface area contributed by atoms with Crippen molar-refractivity contribution in [2.24, 2.45) is 5.73 Å². The van der Waals surface area contributed by atoms with Crippen LogP contribution in [0, 0.1) is 0 Å². The van der Waals surface area contributed by atoms with Gasteiger partial charge >= 0.3 is 12.1 Å². The van der Waals surface area contributed by atoms with Crippen LogP contribution in [-0.2, 0) is 11.3 Å². The van der Waals surface area contributed by atoms with Crippen molar-refractivity contribution in [2.45, 2.75) is 13.5 Å². The van der Waals surface area contributed by atoms with E-state index < -0.39 is 23.1 Å². The zero-order valence-electron chi connectivity index (χ0n) is 10.8. The molecule has 0 radical (unpaired) electrons. The van der Waals surface area contributed by atoms with Crippen molar-refractivity contribution in [3.8, 4) is 0 Å². The molecule has 2 aromatic heterocycles. The van der Waals surface area contributed by atoms with E-state index in [1.54, 1.807) is 6.92 Å². The van der Waals surface area contributed by atoms with Crippen LogP contribution in [0.2, 0.25) is 5.28 Å². The van der Waals surface area contributed by atoms with Crippen molar-refractivity contribution in [1.29, 1.82) is 0 Å². The van der Waals surface area contributed by atoms with Gasteiger partial charge in [0, 0.05) is 12.7 Å². The minimum Gasteiger partial charge on any atom is -0.384 e. The Kier molecular flexibility index (Phi) is 3.76. The number of amides is 1. The number of hydrogen-bond donors (Lipinski definition) is 2. The van der Waals surface area contributed by atoms with Crippen LogP contribution in [0.15, 0.2) is 11.0 Å². The lowest BCUT2D eigenvalue weighted by atomic mass is 10.2. The van der Waals surface area contributed by atoms with Crippen LogP contribution in [0.5, 0.6) is 0 Å². The maximum atomic E-state index is 12.3. The quantitative estimate of drug-likeness (QED) is 0.460. The molecule has 21 heavy (non-hydrogen) atoms. The number of aryl methyl sites for hydroxylation is 1. The van der Waals surface area contributed by atoms with E-state index in [2.05, 4.69) is 14.7 Å². The molecule has 10 heteroatoms. The molecule has 0 saturated carbocycles. The van der Waals surface area contributed by atoms with Crippen molar-refractivity contribution in [3.63, 3.8) is 0 Å². The summed E-state index contributed by atoms with van der Waals surface area (Å²) in [5.74, 6) is -1.43. The minimum absolute atomic E-state index is 0.0203. The third-order valence-corrected chi connectivity index (χ3v) is 2.91. The standard InChI is InChI=1S/C11H10ClN5O4/c1-2-17-7(13)5(9(19)21-11(14)20)6(18)4-3-15-10(12)16-8(4)17/h3H,2,13H2,1H3,(H2,14,20). The smallest absolute Gasteiger partial charge is 0.384 e. The van der Waals surface area contributed by atoms with Crippen molar-refractivity contribution >= 4 is 40.5 Å². The van der Waals surface area contributed by atoms with E-state index in [4.69, 9.17) is 23.1 Å². The molecule has 9 nitrogen and oxygen atoms in total. The van der Waals surface area contributed by atoms with E-state index in [1.807, 2.05) is 0 Å². The number of carbonyl (C=O) groups is 2. The van der Waals surface area contributed by atoms with Crippen LogP contribution in [0.4, 0.5) is 10.6 Å². The maximum Gasteiger partial charge on any atom is 0.412 e. The molecule has 0 fully saturated rings. The molecule has 0 aliphatic carbocycles. The van der Waals surface area contributed by atoms with Gasteiger partial charge in [-0.15, -0.1) is 0 Å². The molecule has 0 aliphatic heterocycles. The van der Waals surface area contributed by atoms with Gasteiger partial charge in [-0.05, 0) is 18.5 Å². The largest absolute Gasteiger partial charge is 0.412 e. The van der Waals surface area contributed by atoms with Gasteiger partial charge in [0.15, 0.2) is 0 Å². The van der Waals surface area contributed by atoms with Crippen LogP contribution in [0.25, 0.3) is 11.0 Å². The summed E-state index contributed by atoms with van der Waals surface area (Å²) in [6, 6.07) is 0. The summed E-state index contributed by atoms with van der Waals surface area (Å²) in [5, 5.41) is -0.0529. The molecule has 110 valence electrons. The molecule has 4 N–H and O–H groups in total. The Morgan fingerprint density at radius 3 is 2.71 bits per heavy atom. The molecule has 0 saturated heterocycles. The highest BCUT2D eigenvalue weighted by Crippen LogP contribution is 2.18. The third kappa shape index (κ3) is 2.50. The maximum absolute atomic E-state index is 12.3. The second-order valence-electron chi connectivity index (χ2n) is 3.92. The van der Waals surface area contributed by atoms with Crippen LogP contribution < -0.4 is 16.9 Å². The number of primary amides is 1. The van der Waals surface area contributed by atoms with Crippen LogP contribution in [0.1, 0.15) is 17.3 Å². The number of hydrogen-bond acceptors (Lipinski definition) is 7. The lowest BCUT2D eigenvalue weighted by molar-refractivity contribution is 0.0637. The van der Waals surface area contributed by atoms with Gasteiger partial charge in [-0.2, -0.15) is 4.98 Å². The molecular weight excluding hydrogens is 302 g/mol. The molecule has 1 amide bonds. The number of esters is 1. The molecule has 0 atom stereocenters. The number of aromatic nitrogens is 3. The highest BCUT2D eigenvalue weighted by Gasteiger charge is 2.24. The van der Waals surface area contributed by atoms with Crippen LogP contribution in [0.3, 0.4) is 0 Å². The summed E-state index contributed by atoms with van der Waals surface area (Å²) in [7, 11) is 0. The highest BCUT2D eigenvalue weighted by atomic mass is 35.5. The highest BCUT2D eigenvalue weighted by molar-refractivity contribution is 6.28. The zero-order chi connectivity index (χ0) is 15.7. The van der Waals surface area contributed by atoms with E-state index in [0.29, 0.717) is 6.54 Å². The monoisotopic (exact) mass is 311 g/mol. The molecule has 2 heterocycles. The Hall–Kier alpha value is -2.68. The van der Waals surface area contributed by atoms with Gasteiger partial charge in [0.2, 0.25) is 10.7 Å². The summed E-state index contributed by atoms with van der Waals surface area (Å²) in [4.78, 5) is 42.3.